The molecule has 0 bridgehead atoms. The molecule has 0 aliphatic heterocycles. The molecule has 3 rings (SSSR count). The van der Waals surface area contributed by atoms with Crippen molar-refractivity contribution in [2.45, 2.75) is 0 Å². The van der Waals surface area contributed by atoms with Gasteiger partial charge in [0.2, 0.25) is 5.95 Å². The van der Waals surface area contributed by atoms with Gasteiger partial charge < -0.3 is 5.73 Å². The first-order valence-corrected chi connectivity index (χ1v) is 9.00. The summed E-state index contributed by atoms with van der Waals surface area (Å²) in [5, 5.41) is 17.8. The number of rotatable bonds is 4. The predicted molar refractivity (Wildman–Crippen MR) is 107 cm³/mol. The van der Waals surface area contributed by atoms with Crippen LogP contribution in [0.2, 0.25) is 10.0 Å². The third-order valence-electron chi connectivity index (χ3n) is 3.65. The third kappa shape index (κ3) is 3.69. The fourth-order valence-electron chi connectivity index (χ4n) is 2.54. The summed E-state index contributed by atoms with van der Waals surface area (Å²) >= 11 is 13.5. The van der Waals surface area contributed by atoms with Crippen molar-refractivity contribution in [2.24, 2.45) is 10.7 Å². The number of halogens is 3. The lowest BCUT2D eigenvalue weighted by atomic mass is 9.98. The minimum Gasteiger partial charge on any atom is -0.382 e. The molecule has 9 heteroatoms. The van der Waals surface area contributed by atoms with Gasteiger partial charge >= 0.3 is 0 Å². The highest BCUT2D eigenvalue weighted by Gasteiger charge is 2.24. The summed E-state index contributed by atoms with van der Waals surface area (Å²) in [6, 6.07) is 9.84. The maximum Gasteiger partial charge on any atom is 0.213 e. The largest absolute Gasteiger partial charge is 0.382 e. The van der Waals surface area contributed by atoms with Crippen LogP contribution >= 0.6 is 34.5 Å². The fraction of sp³-hybridized carbons (Fsp3) is 0. The first-order chi connectivity index (χ1) is 13.0. The van der Waals surface area contributed by atoms with E-state index in [-0.39, 0.29) is 11.4 Å². The predicted octanol–water partition coefficient (Wildman–Crippen LogP) is 5.11. The number of pyridine rings is 1. The summed E-state index contributed by atoms with van der Waals surface area (Å²) in [6.07, 6.45) is 2.12. The van der Waals surface area contributed by atoms with Crippen molar-refractivity contribution in [1.29, 1.82) is 10.7 Å². The number of amidine groups is 1. The van der Waals surface area contributed by atoms with Crippen molar-refractivity contribution in [3.63, 3.8) is 0 Å². The number of benzene rings is 1. The zero-order valence-electron chi connectivity index (χ0n) is 13.5. The number of nitriles is 1. The highest BCUT2D eigenvalue weighted by molar-refractivity contribution is 7.18. The van der Waals surface area contributed by atoms with E-state index < -0.39 is 5.95 Å². The Morgan fingerprint density at radius 1 is 1.33 bits per heavy atom. The van der Waals surface area contributed by atoms with Crippen LogP contribution in [0.3, 0.4) is 0 Å². The second-order valence-electron chi connectivity index (χ2n) is 5.26. The van der Waals surface area contributed by atoms with Gasteiger partial charge in [-0.15, -0.1) is 11.3 Å². The van der Waals surface area contributed by atoms with Gasteiger partial charge in [0.1, 0.15) is 18.2 Å². The van der Waals surface area contributed by atoms with E-state index in [2.05, 4.69) is 16.0 Å². The number of nitrogens with zero attached hydrogens (tertiary/aromatic N) is 3. The number of nitrogens with one attached hydrogen (secondary N) is 1. The van der Waals surface area contributed by atoms with E-state index in [1.54, 1.807) is 24.3 Å². The average Bonchev–Trinajstić information content (AvgIpc) is 3.01. The fourth-order valence-corrected chi connectivity index (χ4v) is 4.22. The highest BCUT2D eigenvalue weighted by atomic mass is 35.5. The maximum absolute atomic E-state index is 13.6. The van der Waals surface area contributed by atoms with Crippen LogP contribution in [-0.4, -0.2) is 17.2 Å². The van der Waals surface area contributed by atoms with E-state index in [0.29, 0.717) is 36.5 Å². The Bertz CT molecular complexity index is 1120. The molecule has 134 valence electrons. The molecular weight excluding hydrogens is 408 g/mol. The molecule has 2 aromatic heterocycles. The molecule has 3 N–H and O–H groups in total. The number of nitrogens with two attached hydrogens (primary N) is 1. The number of hydrogen-bond acceptors (Lipinski definition) is 4. The molecule has 5 nitrogen and oxygen atoms in total. The lowest BCUT2D eigenvalue weighted by molar-refractivity contribution is 0.584. The molecule has 0 fully saturated rings. The number of aliphatic imine (C=N–C) groups is 1. The molecule has 0 spiro atoms. The van der Waals surface area contributed by atoms with E-state index in [4.69, 9.17) is 34.3 Å². The third-order valence-corrected chi connectivity index (χ3v) is 5.45. The molecule has 0 radical (unpaired) electrons. The molecule has 0 aliphatic rings. The summed E-state index contributed by atoms with van der Waals surface area (Å²) in [4.78, 5) is 8.30. The Morgan fingerprint density at radius 3 is 2.74 bits per heavy atom. The lowest BCUT2D eigenvalue weighted by Crippen LogP contribution is -2.12. The van der Waals surface area contributed by atoms with Gasteiger partial charge in [-0.1, -0.05) is 29.3 Å². The van der Waals surface area contributed by atoms with Gasteiger partial charge in [-0.2, -0.15) is 9.65 Å². The Balaban J connectivity index is 2.38. The van der Waals surface area contributed by atoms with Crippen molar-refractivity contribution >= 4 is 46.7 Å². The second kappa shape index (κ2) is 7.84. The van der Waals surface area contributed by atoms with E-state index in [1.165, 1.54) is 12.3 Å². The zero-order chi connectivity index (χ0) is 19.6. The number of thiophene rings is 1. The Morgan fingerprint density at radius 2 is 2.11 bits per heavy atom. The molecule has 0 saturated heterocycles. The number of hydrogen-bond donors (Lipinski definition) is 2. The molecule has 3 aromatic rings. The molecule has 0 atom stereocenters. The van der Waals surface area contributed by atoms with Crippen molar-refractivity contribution in [3.8, 4) is 27.6 Å². The molecule has 0 amide bonds. The second-order valence-corrected chi connectivity index (χ2v) is 7.12. The van der Waals surface area contributed by atoms with Crippen LogP contribution in [-0.2, 0) is 0 Å². The van der Waals surface area contributed by atoms with Crippen LogP contribution in [0.25, 0.3) is 21.6 Å². The normalized spacial score (nSPS) is 11.3. The van der Waals surface area contributed by atoms with Gasteiger partial charge in [-0.05, 0) is 23.8 Å². The standard InChI is InChI=1S/C18H10Cl2FN5S/c19-10-1-2-11(13(20)6-10)15-12(7-22)16(9-3-4-25-14(21)5-9)27-17(15)18(24)26-8-23/h1-6,8H,(H3,23,24,26). The molecule has 27 heavy (non-hydrogen) atoms. The molecule has 0 unspecified atom stereocenters. The van der Waals surface area contributed by atoms with Crippen molar-refractivity contribution in [3.05, 3.63) is 63.0 Å². The van der Waals surface area contributed by atoms with Gasteiger partial charge in [-0.3, -0.25) is 5.41 Å². The highest BCUT2D eigenvalue weighted by Crippen LogP contribution is 2.44. The Kier molecular flexibility index (Phi) is 5.51. The van der Waals surface area contributed by atoms with Gasteiger partial charge in [0.05, 0.1) is 15.3 Å². The Labute approximate surface area is 168 Å². The zero-order valence-corrected chi connectivity index (χ0v) is 15.8. The smallest absolute Gasteiger partial charge is 0.213 e. The molecule has 0 aliphatic carbocycles. The SMILES string of the molecule is N#Cc1c(-c2ccnc(F)c2)sc(C(N)=NC=N)c1-c1ccc(Cl)cc1Cl. The van der Waals surface area contributed by atoms with Crippen LogP contribution in [0.4, 0.5) is 4.39 Å². The van der Waals surface area contributed by atoms with Gasteiger partial charge in [0, 0.05) is 33.4 Å². The molecule has 1 aromatic carbocycles. The van der Waals surface area contributed by atoms with Gasteiger partial charge in [-0.25, -0.2) is 9.98 Å². The van der Waals surface area contributed by atoms with Gasteiger partial charge in [0.15, 0.2) is 0 Å². The monoisotopic (exact) mass is 417 g/mol. The van der Waals surface area contributed by atoms with Crippen LogP contribution in [0.5, 0.6) is 0 Å². The summed E-state index contributed by atoms with van der Waals surface area (Å²) in [5.74, 6) is -0.619. The average molecular weight is 418 g/mol. The van der Waals surface area contributed by atoms with E-state index in [1.807, 2.05) is 0 Å². The minimum atomic E-state index is -0.668. The van der Waals surface area contributed by atoms with Crippen LogP contribution < -0.4 is 5.73 Å². The van der Waals surface area contributed by atoms with Crippen molar-refractivity contribution < 1.29 is 4.39 Å². The summed E-state index contributed by atoms with van der Waals surface area (Å²) in [7, 11) is 0. The van der Waals surface area contributed by atoms with Crippen LogP contribution in [0, 0.1) is 22.7 Å². The topological polar surface area (TPSA) is 98.9 Å². The maximum atomic E-state index is 13.6. The number of aromatic nitrogens is 1. The van der Waals surface area contributed by atoms with E-state index >= 15 is 0 Å². The minimum absolute atomic E-state index is 0.0493. The van der Waals surface area contributed by atoms with Gasteiger partial charge in [0.25, 0.3) is 0 Å². The van der Waals surface area contributed by atoms with E-state index in [9.17, 15) is 9.65 Å². The lowest BCUT2D eigenvalue weighted by Gasteiger charge is -2.07. The summed E-state index contributed by atoms with van der Waals surface area (Å²) < 4.78 is 13.6. The molecule has 0 saturated carbocycles. The quantitative estimate of drug-likeness (QED) is 0.350. The van der Waals surface area contributed by atoms with Crippen molar-refractivity contribution in [2.75, 3.05) is 0 Å². The first kappa shape index (κ1) is 19.0. The van der Waals surface area contributed by atoms with Crippen LogP contribution in [0.15, 0.2) is 41.5 Å². The van der Waals surface area contributed by atoms with E-state index in [0.717, 1.165) is 17.7 Å². The molecular formula is C18H10Cl2FN5S. The summed E-state index contributed by atoms with van der Waals surface area (Å²) in [5.41, 5.74) is 7.75. The Hall–Kier alpha value is -2.79. The molecule has 2 heterocycles. The summed E-state index contributed by atoms with van der Waals surface area (Å²) in [6.45, 7) is 0. The first-order valence-electron chi connectivity index (χ1n) is 7.43. The van der Waals surface area contributed by atoms with Crippen molar-refractivity contribution in [1.82, 2.24) is 4.98 Å². The van der Waals surface area contributed by atoms with Crippen LogP contribution in [0.1, 0.15) is 10.4 Å².